The van der Waals surface area contributed by atoms with Gasteiger partial charge in [0, 0.05) is 35.1 Å². The number of pyridine rings is 1. The van der Waals surface area contributed by atoms with Crippen LogP contribution in [0.25, 0.3) is 16.6 Å². The van der Waals surface area contributed by atoms with E-state index in [4.69, 9.17) is 34.8 Å². The number of hydrogen-bond acceptors (Lipinski definition) is 7. The molecule has 3 heterocycles. The molecule has 0 bridgehead atoms. The van der Waals surface area contributed by atoms with E-state index in [1.54, 1.807) is 54.6 Å². The van der Waals surface area contributed by atoms with Crippen LogP contribution in [0.15, 0.2) is 79.0 Å². The average Bonchev–Trinajstić information content (AvgIpc) is 3.69. The molecule has 0 atom stereocenters. The Balaban J connectivity index is 1.37. The zero-order chi connectivity index (χ0) is 33.3. The monoisotopic (exact) mass is 698 g/mol. The van der Waals surface area contributed by atoms with Crippen molar-refractivity contribution in [3.05, 3.63) is 128 Å². The summed E-state index contributed by atoms with van der Waals surface area (Å²) in [5.74, 6) is -2.34. The smallest absolute Gasteiger partial charge is 0.348 e. The van der Waals surface area contributed by atoms with Crippen LogP contribution in [-0.2, 0) is 25.7 Å². The number of benzene rings is 3. The van der Waals surface area contributed by atoms with Gasteiger partial charge in [-0.1, -0.05) is 71.2 Å². The number of aromatic nitrogens is 7. The van der Waals surface area contributed by atoms with E-state index < -0.39 is 23.7 Å². The summed E-state index contributed by atoms with van der Waals surface area (Å²) >= 11 is 19.4. The van der Waals surface area contributed by atoms with Gasteiger partial charge in [-0.25, -0.2) is 9.67 Å². The lowest BCUT2D eigenvalue weighted by atomic mass is 9.95. The number of halogens is 6. The molecule has 16 heteroatoms. The van der Waals surface area contributed by atoms with Crippen LogP contribution in [0.2, 0.25) is 15.1 Å². The van der Waals surface area contributed by atoms with Crippen LogP contribution in [0, 0.1) is 0 Å². The van der Waals surface area contributed by atoms with Gasteiger partial charge < -0.3 is 5.32 Å². The third kappa shape index (κ3) is 6.97. The highest BCUT2D eigenvalue weighted by molar-refractivity contribution is 6.37. The van der Waals surface area contributed by atoms with Crippen LogP contribution in [-0.4, -0.2) is 46.7 Å². The summed E-state index contributed by atoms with van der Waals surface area (Å²) in [4.78, 5) is 32.6. The van der Waals surface area contributed by atoms with E-state index in [1.807, 2.05) is 6.07 Å². The van der Waals surface area contributed by atoms with Gasteiger partial charge in [0.05, 0.1) is 15.7 Å². The van der Waals surface area contributed by atoms with Gasteiger partial charge in [-0.15, -0.1) is 10.2 Å². The largest absolute Gasteiger partial charge is 0.455 e. The number of Topliss-reactive ketones (excluding diaryl/α,β-unsaturated/α-hetero) is 1. The molecule has 0 fully saturated rings. The number of amides is 1. The molecule has 10 nitrogen and oxygen atoms in total. The molecule has 0 saturated heterocycles. The predicted molar refractivity (Wildman–Crippen MR) is 168 cm³/mol. The number of fused-ring (bicyclic) bond motifs is 1. The van der Waals surface area contributed by atoms with Crippen LogP contribution in [0.3, 0.4) is 0 Å². The third-order valence-corrected chi connectivity index (χ3v) is 7.97. The highest BCUT2D eigenvalue weighted by atomic mass is 35.5. The zero-order valence-electron chi connectivity index (χ0n) is 23.8. The van der Waals surface area contributed by atoms with E-state index in [9.17, 15) is 22.8 Å². The number of nitrogens with zero attached hydrogens (tertiary/aromatic N) is 7. The number of hydrogen-bond donors (Lipinski definition) is 1. The Hall–Kier alpha value is -4.85. The lowest BCUT2D eigenvalue weighted by molar-refractivity contribution is -0.145. The summed E-state index contributed by atoms with van der Waals surface area (Å²) in [6, 6.07) is 20.3. The summed E-state index contributed by atoms with van der Waals surface area (Å²) in [5.41, 5.74) is 1.30. The minimum absolute atomic E-state index is 0.0220. The second-order valence-electron chi connectivity index (χ2n) is 10.2. The van der Waals surface area contributed by atoms with Crippen molar-refractivity contribution in [2.45, 2.75) is 25.7 Å². The number of rotatable bonds is 9. The second kappa shape index (κ2) is 13.1. The fourth-order valence-corrected chi connectivity index (χ4v) is 5.62. The normalized spacial score (nSPS) is 11.6. The van der Waals surface area contributed by atoms with Crippen molar-refractivity contribution in [2.75, 3.05) is 0 Å². The van der Waals surface area contributed by atoms with E-state index in [2.05, 4.69) is 30.8 Å². The van der Waals surface area contributed by atoms with E-state index in [0.29, 0.717) is 20.6 Å². The Labute approximate surface area is 279 Å². The maximum atomic E-state index is 14.1. The van der Waals surface area contributed by atoms with Gasteiger partial charge in [0.2, 0.25) is 0 Å². The Morgan fingerprint density at radius 3 is 2.47 bits per heavy atom. The molecule has 0 unspecified atom stereocenters. The van der Waals surface area contributed by atoms with Crippen molar-refractivity contribution in [3.63, 3.8) is 0 Å². The molecule has 6 rings (SSSR count). The highest BCUT2D eigenvalue weighted by Crippen LogP contribution is 2.32. The molecule has 47 heavy (non-hydrogen) atoms. The van der Waals surface area contributed by atoms with Crippen molar-refractivity contribution >= 4 is 57.3 Å². The van der Waals surface area contributed by atoms with Crippen LogP contribution >= 0.6 is 34.8 Å². The summed E-state index contributed by atoms with van der Waals surface area (Å²) in [6.07, 6.45) is -3.70. The van der Waals surface area contributed by atoms with Crippen LogP contribution in [0.4, 0.5) is 13.2 Å². The molecule has 0 aliphatic carbocycles. The van der Waals surface area contributed by atoms with Crippen molar-refractivity contribution < 1.29 is 22.8 Å². The quantitative estimate of drug-likeness (QED) is 0.165. The molecule has 3 aromatic carbocycles. The molecule has 0 aliphatic rings. The minimum Gasteiger partial charge on any atom is -0.348 e. The standard InChI is InChI=1S/C31H20Cl3F3N8O2/c32-19-7-3-5-17(11-19)15-39-29(47)23-12-18-6-1-2-8-21(18)27(34)22(23)14-26(46)25-13-20(16-44-42-30(40-43-44)31(35,36)37)41-45(25)28-24(33)9-4-10-38-28/h1-13H,14-16H2,(H,39,47). The first-order valence-corrected chi connectivity index (χ1v) is 14.9. The Morgan fingerprint density at radius 1 is 0.915 bits per heavy atom. The topological polar surface area (TPSA) is 120 Å². The lowest BCUT2D eigenvalue weighted by Gasteiger charge is -2.15. The van der Waals surface area contributed by atoms with Crippen molar-refractivity contribution in [3.8, 4) is 5.82 Å². The van der Waals surface area contributed by atoms with Gasteiger partial charge in [0.1, 0.15) is 12.2 Å². The fraction of sp³-hybridized carbons (Fsp3) is 0.129. The first-order valence-electron chi connectivity index (χ1n) is 13.8. The molecular formula is C31H20Cl3F3N8O2. The number of carbonyl (C=O) groups excluding carboxylic acids is 2. The summed E-state index contributed by atoms with van der Waals surface area (Å²) in [6.45, 7) is -0.188. The zero-order valence-corrected chi connectivity index (χ0v) is 26.1. The molecule has 0 spiro atoms. The van der Waals surface area contributed by atoms with E-state index >= 15 is 0 Å². The first kappa shape index (κ1) is 32.1. The fourth-order valence-electron chi connectivity index (χ4n) is 4.87. The molecule has 1 amide bonds. The van der Waals surface area contributed by atoms with E-state index in [-0.39, 0.29) is 57.9 Å². The van der Waals surface area contributed by atoms with Gasteiger partial charge in [0.15, 0.2) is 11.6 Å². The Bertz CT molecular complexity index is 2150. The van der Waals surface area contributed by atoms with Gasteiger partial charge >= 0.3 is 6.18 Å². The van der Waals surface area contributed by atoms with Crippen LogP contribution < -0.4 is 5.32 Å². The SMILES string of the molecule is O=C(NCc1cccc(Cl)c1)c1cc2ccccc2c(Cl)c1CC(=O)c1cc(Cn2nnc(C(F)(F)F)n2)nn1-c1ncccc1Cl. The van der Waals surface area contributed by atoms with Crippen molar-refractivity contribution in [1.82, 2.24) is 40.3 Å². The highest BCUT2D eigenvalue weighted by Gasteiger charge is 2.37. The number of ketones is 1. The summed E-state index contributed by atoms with van der Waals surface area (Å²) < 4.78 is 40.3. The second-order valence-corrected chi connectivity index (χ2v) is 11.5. The predicted octanol–water partition coefficient (Wildman–Crippen LogP) is 6.79. The third-order valence-electron chi connectivity index (χ3n) is 7.01. The Morgan fingerprint density at radius 2 is 1.72 bits per heavy atom. The van der Waals surface area contributed by atoms with Gasteiger partial charge in [0.25, 0.3) is 11.7 Å². The lowest BCUT2D eigenvalue weighted by Crippen LogP contribution is -2.25. The summed E-state index contributed by atoms with van der Waals surface area (Å²) in [5, 5.41) is 19.3. The van der Waals surface area contributed by atoms with Gasteiger partial charge in [-0.2, -0.15) is 23.1 Å². The van der Waals surface area contributed by atoms with Gasteiger partial charge in [-0.3, -0.25) is 9.59 Å². The molecule has 1 N–H and O–H groups in total. The molecule has 6 aromatic rings. The minimum atomic E-state index is -4.79. The van der Waals surface area contributed by atoms with Crippen LogP contribution in [0.1, 0.15) is 43.5 Å². The molecule has 3 aromatic heterocycles. The average molecular weight is 700 g/mol. The number of alkyl halides is 3. The van der Waals surface area contributed by atoms with Gasteiger partial charge in [-0.05, 0) is 58.1 Å². The van der Waals surface area contributed by atoms with Crippen molar-refractivity contribution in [2.24, 2.45) is 0 Å². The molecule has 238 valence electrons. The maximum Gasteiger partial charge on any atom is 0.455 e. The number of tetrazole rings is 1. The number of nitrogens with one attached hydrogen (secondary N) is 1. The molecule has 0 radical (unpaired) electrons. The maximum absolute atomic E-state index is 14.1. The van der Waals surface area contributed by atoms with E-state index in [1.165, 1.54) is 23.0 Å². The molecule has 0 saturated carbocycles. The number of carbonyl (C=O) groups is 2. The van der Waals surface area contributed by atoms with E-state index in [0.717, 1.165) is 5.56 Å². The first-order chi connectivity index (χ1) is 22.5. The molecular weight excluding hydrogens is 680 g/mol. The van der Waals surface area contributed by atoms with Crippen LogP contribution in [0.5, 0.6) is 0 Å². The molecule has 0 aliphatic heterocycles. The summed E-state index contributed by atoms with van der Waals surface area (Å²) in [7, 11) is 0. The van der Waals surface area contributed by atoms with Crippen molar-refractivity contribution in [1.29, 1.82) is 0 Å². The Kier molecular flexibility index (Phi) is 8.95.